The minimum atomic E-state index is -1.88. The highest BCUT2D eigenvalue weighted by Crippen LogP contribution is 2.36. The van der Waals surface area contributed by atoms with Gasteiger partial charge in [0.1, 0.15) is 36.1 Å². The average molecular weight is 674 g/mol. The number of β-lactam (4-membered cyclic amide) rings is 1. The Morgan fingerprint density at radius 3 is 2.14 bits per heavy atom. The maximum atomic E-state index is 13.3. The van der Waals surface area contributed by atoms with Gasteiger partial charge in [0, 0.05) is 0 Å². The summed E-state index contributed by atoms with van der Waals surface area (Å²) in [6.07, 6.45) is -1.26. The third kappa shape index (κ3) is 10.6. The number of nitrogens with one attached hydrogen (secondary N) is 1. The molecule has 3 rings (SSSR count). The highest BCUT2D eigenvalue weighted by atomic mass is 35.6. The number of likely N-dealkylation sites (tertiary alicyclic amines) is 1. The number of alkyl halides is 3. The predicted molar refractivity (Wildman–Crippen MR) is 159 cm³/mol. The number of esters is 1. The number of carbonyl (C=O) groups is 5. The number of amides is 2. The zero-order valence-electron chi connectivity index (χ0n) is 22.9. The van der Waals surface area contributed by atoms with Crippen LogP contribution in [0.1, 0.15) is 19.4 Å². The van der Waals surface area contributed by atoms with Gasteiger partial charge in [0.05, 0.1) is 0 Å². The molecule has 230 valence electrons. The molecule has 0 bridgehead atoms. The number of ether oxygens (including phenoxy) is 4. The number of hydrogen-bond acceptors (Lipinski definition) is 10. The molecule has 2 aromatic carbocycles. The van der Waals surface area contributed by atoms with E-state index in [0.29, 0.717) is 23.1 Å². The van der Waals surface area contributed by atoms with E-state index in [-0.39, 0.29) is 12.3 Å². The molecule has 1 aliphatic heterocycles. The minimum absolute atomic E-state index is 0.0592. The van der Waals surface area contributed by atoms with Gasteiger partial charge in [-0.3, -0.25) is 19.3 Å². The Morgan fingerprint density at radius 2 is 1.53 bits per heavy atom. The Hall–Kier alpha value is -3.45. The summed E-state index contributed by atoms with van der Waals surface area (Å²) in [6.45, 7) is 1.33. The van der Waals surface area contributed by atoms with E-state index >= 15 is 0 Å². The van der Waals surface area contributed by atoms with Crippen LogP contribution in [0.15, 0.2) is 71.9 Å². The van der Waals surface area contributed by atoms with Gasteiger partial charge in [-0.15, -0.1) is 0 Å². The maximum Gasteiger partial charge on any atom is 0.508 e. The van der Waals surface area contributed by atoms with Gasteiger partial charge in [-0.1, -0.05) is 95.1 Å². The van der Waals surface area contributed by atoms with Crippen molar-refractivity contribution < 1.29 is 42.9 Å². The molecular weight excluding hydrogens is 647 g/mol. The predicted octanol–water partition coefficient (Wildman–Crippen LogP) is 4.54. The molecule has 1 saturated heterocycles. The number of rotatable bonds is 12. The summed E-state index contributed by atoms with van der Waals surface area (Å²) in [5.41, 5.74) is 1.05. The van der Waals surface area contributed by atoms with E-state index in [1.807, 2.05) is 6.07 Å². The summed E-state index contributed by atoms with van der Waals surface area (Å²) in [5.74, 6) is -1.67. The fourth-order valence-electron chi connectivity index (χ4n) is 3.64. The van der Waals surface area contributed by atoms with Crippen LogP contribution in [0.25, 0.3) is 0 Å². The molecule has 1 heterocycles. The first kappa shape index (κ1) is 34.0. The Balaban J connectivity index is 1.71. The standard InChI is InChI=1S/C28H27Cl3N2O9S/c1-17(2)23(26(37)40-13-18-9-5-3-6-10-18)33-24(36)22(32-20(34)14-39-19-11-7-4-8-12-19)25(33)43-21(35)15-41-27(38)42-16-28(29,30)31/h3-12,22,25H,13-16H2,1-2H3,(H,32,34)/t22-,25-/m1/s1. The van der Waals surface area contributed by atoms with Crippen LogP contribution in [0, 0.1) is 0 Å². The lowest BCUT2D eigenvalue weighted by Crippen LogP contribution is -2.70. The van der Waals surface area contributed by atoms with Crippen LogP contribution in [0.3, 0.4) is 0 Å². The van der Waals surface area contributed by atoms with Gasteiger partial charge in [-0.2, -0.15) is 0 Å². The smallest absolute Gasteiger partial charge is 0.484 e. The third-order valence-corrected chi connectivity index (χ3v) is 6.94. The van der Waals surface area contributed by atoms with Crippen molar-refractivity contribution in [1.29, 1.82) is 0 Å². The average Bonchev–Trinajstić information content (AvgIpc) is 2.98. The number of allylic oxidation sites excluding steroid dienone is 1. The number of thioether (sulfide) groups is 1. The highest BCUT2D eigenvalue weighted by molar-refractivity contribution is 8.14. The summed E-state index contributed by atoms with van der Waals surface area (Å²) < 4.78 is 18.4. The monoisotopic (exact) mass is 672 g/mol. The number of benzene rings is 2. The molecule has 0 radical (unpaired) electrons. The molecule has 1 fully saturated rings. The normalized spacial score (nSPS) is 15.9. The lowest BCUT2D eigenvalue weighted by molar-refractivity contribution is -0.153. The van der Waals surface area contributed by atoms with Crippen molar-refractivity contribution in [3.05, 3.63) is 77.5 Å². The van der Waals surface area contributed by atoms with Gasteiger partial charge in [-0.05, 0) is 37.1 Å². The Morgan fingerprint density at radius 1 is 0.907 bits per heavy atom. The first-order chi connectivity index (χ1) is 20.4. The molecule has 11 nitrogen and oxygen atoms in total. The number of para-hydroxylation sites is 1. The number of halogens is 3. The second-order valence-corrected chi connectivity index (χ2v) is 12.8. The van der Waals surface area contributed by atoms with E-state index in [2.05, 4.69) is 10.1 Å². The van der Waals surface area contributed by atoms with E-state index in [9.17, 15) is 24.0 Å². The fourth-order valence-corrected chi connectivity index (χ4v) is 4.84. The highest BCUT2D eigenvalue weighted by Gasteiger charge is 2.53. The van der Waals surface area contributed by atoms with Crippen molar-refractivity contribution in [2.24, 2.45) is 0 Å². The SMILES string of the molecule is CC(C)=C(C(=O)OCc1ccccc1)N1C(=O)[C@@H](NC(=O)COc2ccccc2)[C@H]1SC(=O)COC(=O)OCC(Cl)(Cl)Cl. The largest absolute Gasteiger partial charge is 0.508 e. The van der Waals surface area contributed by atoms with Gasteiger partial charge >= 0.3 is 12.1 Å². The summed E-state index contributed by atoms with van der Waals surface area (Å²) in [5, 5.41) is 0.724. The minimum Gasteiger partial charge on any atom is -0.484 e. The lowest BCUT2D eigenvalue weighted by Gasteiger charge is -2.46. The van der Waals surface area contributed by atoms with Gasteiger partial charge < -0.3 is 24.3 Å². The molecule has 2 aromatic rings. The molecule has 15 heteroatoms. The van der Waals surface area contributed by atoms with E-state index in [0.717, 1.165) is 10.5 Å². The third-order valence-electron chi connectivity index (χ3n) is 5.51. The van der Waals surface area contributed by atoms with Crippen LogP contribution in [0.5, 0.6) is 5.75 Å². The van der Waals surface area contributed by atoms with Crippen LogP contribution in [0.2, 0.25) is 0 Å². The number of carbonyl (C=O) groups excluding carboxylic acids is 5. The molecule has 0 spiro atoms. The van der Waals surface area contributed by atoms with Crippen molar-refractivity contribution in [2.45, 2.75) is 35.7 Å². The van der Waals surface area contributed by atoms with Crippen LogP contribution in [-0.4, -0.2) is 69.0 Å². The summed E-state index contributed by atoms with van der Waals surface area (Å²) in [7, 11) is 0. The maximum absolute atomic E-state index is 13.3. The number of hydrogen-bond donors (Lipinski definition) is 1. The van der Waals surface area contributed by atoms with Crippen molar-refractivity contribution in [2.75, 3.05) is 19.8 Å². The van der Waals surface area contributed by atoms with E-state index in [4.69, 9.17) is 49.0 Å². The van der Waals surface area contributed by atoms with Crippen molar-refractivity contribution >= 4 is 75.6 Å². The molecule has 0 aliphatic carbocycles. The van der Waals surface area contributed by atoms with Crippen molar-refractivity contribution in [3.63, 3.8) is 0 Å². The van der Waals surface area contributed by atoms with E-state index in [1.165, 1.54) is 0 Å². The fraction of sp³-hybridized carbons (Fsp3) is 0.321. The Kier molecular flexibility index (Phi) is 12.6. The van der Waals surface area contributed by atoms with Crippen LogP contribution < -0.4 is 10.1 Å². The van der Waals surface area contributed by atoms with Crippen molar-refractivity contribution in [3.8, 4) is 5.75 Å². The second-order valence-electron chi connectivity index (χ2n) is 9.09. The Labute approximate surface area is 266 Å². The quantitative estimate of drug-likeness (QED) is 0.148. The zero-order valence-corrected chi connectivity index (χ0v) is 26.0. The van der Waals surface area contributed by atoms with E-state index < -0.39 is 64.1 Å². The second kappa shape index (κ2) is 15.9. The summed E-state index contributed by atoms with van der Waals surface area (Å²) >= 11 is 17.1. The van der Waals surface area contributed by atoms with Gasteiger partial charge in [0.25, 0.3) is 11.8 Å². The Bertz CT molecular complexity index is 1350. The van der Waals surface area contributed by atoms with Crippen LogP contribution in [0.4, 0.5) is 4.79 Å². The molecule has 0 saturated carbocycles. The topological polar surface area (TPSA) is 138 Å². The molecule has 0 aromatic heterocycles. The van der Waals surface area contributed by atoms with Crippen molar-refractivity contribution in [1.82, 2.24) is 10.2 Å². The summed E-state index contributed by atoms with van der Waals surface area (Å²) in [4.78, 5) is 64.7. The molecule has 2 amide bonds. The number of nitrogens with zero attached hydrogens (tertiary/aromatic N) is 1. The zero-order chi connectivity index (χ0) is 31.6. The van der Waals surface area contributed by atoms with Crippen LogP contribution >= 0.6 is 46.6 Å². The van der Waals surface area contributed by atoms with Gasteiger partial charge in [0.2, 0.25) is 8.91 Å². The molecule has 1 aliphatic rings. The first-order valence-corrected chi connectivity index (χ1v) is 14.6. The van der Waals surface area contributed by atoms with E-state index in [1.54, 1.807) is 68.4 Å². The van der Waals surface area contributed by atoms with Crippen LogP contribution in [-0.2, 0) is 40.0 Å². The first-order valence-electron chi connectivity index (χ1n) is 12.6. The summed E-state index contributed by atoms with van der Waals surface area (Å²) in [6, 6.07) is 16.2. The van der Waals surface area contributed by atoms with Gasteiger partial charge in [-0.25, -0.2) is 9.59 Å². The molecular formula is C28H27Cl3N2O9S. The molecule has 1 N–H and O–H groups in total. The molecule has 43 heavy (non-hydrogen) atoms. The molecule has 2 atom stereocenters. The lowest BCUT2D eigenvalue weighted by atomic mass is 10.0. The molecule has 0 unspecified atom stereocenters. The van der Waals surface area contributed by atoms with Gasteiger partial charge in [0.15, 0.2) is 13.2 Å².